The van der Waals surface area contributed by atoms with Crippen LogP contribution in [0.3, 0.4) is 0 Å². The van der Waals surface area contributed by atoms with Crippen LogP contribution in [0, 0.1) is 16.0 Å². The Morgan fingerprint density at radius 2 is 1.76 bits per heavy atom. The lowest BCUT2D eigenvalue weighted by Crippen LogP contribution is -2.44. The van der Waals surface area contributed by atoms with Gasteiger partial charge in [0.2, 0.25) is 10.0 Å². The van der Waals surface area contributed by atoms with E-state index in [0.29, 0.717) is 25.0 Å². The van der Waals surface area contributed by atoms with Gasteiger partial charge in [0.25, 0.3) is 5.69 Å². The molecule has 0 spiro atoms. The second-order valence-corrected chi connectivity index (χ2v) is 9.81. The minimum Gasteiger partial charge on any atom is -0.299 e. The van der Waals surface area contributed by atoms with Crippen LogP contribution in [-0.4, -0.2) is 49.2 Å². The molecule has 0 N–H and O–H groups in total. The first-order valence-electron chi connectivity index (χ1n) is 9.90. The molecule has 154 valence electrons. The molecule has 1 fully saturated rings. The third-order valence-electron chi connectivity index (χ3n) is 6.19. The van der Waals surface area contributed by atoms with Gasteiger partial charge in [-0.2, -0.15) is 4.31 Å². The number of benzene rings is 2. The lowest BCUT2D eigenvalue weighted by molar-refractivity contribution is -0.385. The van der Waals surface area contributed by atoms with Gasteiger partial charge in [-0.25, -0.2) is 8.42 Å². The highest BCUT2D eigenvalue weighted by molar-refractivity contribution is 7.89. The molecule has 2 aromatic carbocycles. The van der Waals surface area contributed by atoms with Crippen LogP contribution in [-0.2, 0) is 16.4 Å². The predicted octanol–water partition coefficient (Wildman–Crippen LogP) is 3.22. The van der Waals surface area contributed by atoms with Crippen molar-refractivity contribution in [2.24, 2.45) is 5.92 Å². The Morgan fingerprint density at radius 3 is 2.48 bits per heavy atom. The van der Waals surface area contributed by atoms with E-state index >= 15 is 0 Å². The van der Waals surface area contributed by atoms with Crippen LogP contribution in [0.5, 0.6) is 0 Å². The number of nitro groups is 1. The summed E-state index contributed by atoms with van der Waals surface area (Å²) in [7, 11) is -1.59. The molecule has 4 rings (SSSR count). The van der Waals surface area contributed by atoms with E-state index in [9.17, 15) is 18.5 Å². The first-order chi connectivity index (χ1) is 13.9. The minimum atomic E-state index is -3.73. The zero-order chi connectivity index (χ0) is 20.6. The smallest absolute Gasteiger partial charge is 0.270 e. The van der Waals surface area contributed by atoms with Crippen molar-refractivity contribution in [2.45, 2.75) is 30.2 Å². The Balaban J connectivity index is 1.51. The summed E-state index contributed by atoms with van der Waals surface area (Å²) < 4.78 is 27.5. The largest absolute Gasteiger partial charge is 0.299 e. The highest BCUT2D eigenvalue weighted by Gasteiger charge is 2.37. The lowest BCUT2D eigenvalue weighted by atomic mass is 9.80. The van der Waals surface area contributed by atoms with Crippen molar-refractivity contribution in [3.63, 3.8) is 0 Å². The number of nitrogens with zero attached hydrogens (tertiary/aromatic N) is 3. The average Bonchev–Trinajstić information content (AvgIpc) is 2.74. The fourth-order valence-electron chi connectivity index (χ4n) is 4.68. The number of non-ortho nitro benzene ring substituents is 1. The van der Waals surface area contributed by atoms with Gasteiger partial charge in [0.05, 0.1) is 9.82 Å². The van der Waals surface area contributed by atoms with Crippen LogP contribution < -0.4 is 0 Å². The van der Waals surface area contributed by atoms with Gasteiger partial charge in [0.1, 0.15) is 0 Å². The molecule has 1 unspecified atom stereocenters. The number of hydrogen-bond acceptors (Lipinski definition) is 5. The summed E-state index contributed by atoms with van der Waals surface area (Å²) in [6.07, 6.45) is 2.60. The molecular formula is C21H25N3O4S. The maximum absolute atomic E-state index is 13.0. The van der Waals surface area contributed by atoms with Gasteiger partial charge in [0.15, 0.2) is 0 Å². The Kier molecular flexibility index (Phi) is 5.42. The highest BCUT2D eigenvalue weighted by Crippen LogP contribution is 2.39. The van der Waals surface area contributed by atoms with Gasteiger partial charge in [0, 0.05) is 37.8 Å². The monoisotopic (exact) mass is 415 g/mol. The van der Waals surface area contributed by atoms with Crippen LogP contribution in [0.1, 0.15) is 30.0 Å². The summed E-state index contributed by atoms with van der Waals surface area (Å²) in [5.41, 5.74) is 2.55. The van der Waals surface area contributed by atoms with Crippen molar-refractivity contribution in [3.05, 3.63) is 69.8 Å². The molecular weight excluding hydrogens is 390 g/mol. The Hall–Kier alpha value is -2.29. The Bertz CT molecular complexity index is 1020. The fraction of sp³-hybridized carbons (Fsp3) is 0.429. The number of hydrogen-bond donors (Lipinski definition) is 0. The zero-order valence-corrected chi connectivity index (χ0v) is 17.2. The summed E-state index contributed by atoms with van der Waals surface area (Å²) in [4.78, 5) is 12.8. The van der Waals surface area contributed by atoms with E-state index in [4.69, 9.17) is 0 Å². The molecule has 2 aromatic rings. The summed E-state index contributed by atoms with van der Waals surface area (Å²) in [6, 6.07) is 14.2. The van der Waals surface area contributed by atoms with Crippen LogP contribution in [0.2, 0.25) is 0 Å². The third-order valence-corrected chi connectivity index (χ3v) is 8.09. The van der Waals surface area contributed by atoms with Gasteiger partial charge in [-0.15, -0.1) is 0 Å². The maximum atomic E-state index is 13.0. The van der Waals surface area contributed by atoms with E-state index < -0.39 is 14.9 Å². The normalized spacial score (nSPS) is 21.6. The highest BCUT2D eigenvalue weighted by atomic mass is 32.2. The number of rotatable bonds is 4. The van der Waals surface area contributed by atoms with Crippen molar-refractivity contribution in [3.8, 4) is 0 Å². The number of likely N-dealkylation sites (N-methyl/N-ethyl adjacent to an activating group) is 1. The SMILES string of the molecule is CN1CCc2ccccc2C1C1CCN(S(=O)(=O)c2cccc([N+](=O)[O-])c2)CC1. The molecule has 1 atom stereocenters. The molecule has 0 aromatic heterocycles. The van der Waals surface area contributed by atoms with Gasteiger partial charge < -0.3 is 0 Å². The molecule has 2 aliphatic rings. The molecule has 0 saturated carbocycles. The van der Waals surface area contributed by atoms with Crippen LogP contribution in [0.25, 0.3) is 0 Å². The quantitative estimate of drug-likeness (QED) is 0.565. The summed E-state index contributed by atoms with van der Waals surface area (Å²) in [5.74, 6) is 0.387. The van der Waals surface area contributed by atoms with Gasteiger partial charge in [-0.3, -0.25) is 15.0 Å². The number of fused-ring (bicyclic) bond motifs is 1. The van der Waals surface area contributed by atoms with E-state index in [1.54, 1.807) is 0 Å². The summed E-state index contributed by atoms with van der Waals surface area (Å²) >= 11 is 0. The van der Waals surface area contributed by atoms with Gasteiger partial charge in [-0.05, 0) is 49.4 Å². The van der Waals surface area contributed by atoms with Crippen molar-refractivity contribution in [1.82, 2.24) is 9.21 Å². The molecule has 1 saturated heterocycles. The molecule has 0 radical (unpaired) electrons. The van der Waals surface area contributed by atoms with E-state index in [1.165, 1.54) is 33.6 Å². The predicted molar refractivity (Wildman–Crippen MR) is 110 cm³/mol. The standard InChI is InChI=1S/C21H25N3O4S/c1-22-12-9-16-5-2-3-8-20(16)21(22)17-10-13-23(14-11-17)29(27,28)19-7-4-6-18(15-19)24(25)26/h2-8,15,17,21H,9-14H2,1H3. The molecule has 0 bridgehead atoms. The minimum absolute atomic E-state index is 0.00900. The maximum Gasteiger partial charge on any atom is 0.270 e. The fourth-order valence-corrected chi connectivity index (χ4v) is 6.19. The Labute approximate surface area is 171 Å². The Morgan fingerprint density at radius 1 is 1.03 bits per heavy atom. The van der Waals surface area contributed by atoms with Crippen molar-refractivity contribution >= 4 is 15.7 Å². The number of sulfonamides is 1. The van der Waals surface area contributed by atoms with Crippen molar-refractivity contribution < 1.29 is 13.3 Å². The van der Waals surface area contributed by atoms with Crippen LogP contribution in [0.4, 0.5) is 5.69 Å². The zero-order valence-electron chi connectivity index (χ0n) is 16.4. The molecule has 8 heteroatoms. The third kappa shape index (κ3) is 3.80. The van der Waals surface area contributed by atoms with Crippen LogP contribution in [0.15, 0.2) is 53.4 Å². The molecule has 7 nitrogen and oxygen atoms in total. The second-order valence-electron chi connectivity index (χ2n) is 7.87. The second kappa shape index (κ2) is 7.85. The first kappa shape index (κ1) is 20.0. The molecule has 0 aliphatic carbocycles. The lowest BCUT2D eigenvalue weighted by Gasteiger charge is -2.42. The number of nitro benzene ring substituents is 1. The molecule has 0 amide bonds. The summed E-state index contributed by atoms with van der Waals surface area (Å²) in [5, 5.41) is 11.0. The first-order valence-corrected chi connectivity index (χ1v) is 11.3. The van der Waals surface area contributed by atoms with E-state index in [0.717, 1.165) is 31.9 Å². The van der Waals surface area contributed by atoms with E-state index in [1.807, 2.05) is 0 Å². The van der Waals surface area contributed by atoms with Crippen molar-refractivity contribution in [2.75, 3.05) is 26.7 Å². The topological polar surface area (TPSA) is 83.8 Å². The molecule has 2 aliphatic heterocycles. The molecule has 29 heavy (non-hydrogen) atoms. The number of piperidine rings is 1. The average molecular weight is 416 g/mol. The van der Waals surface area contributed by atoms with E-state index in [-0.39, 0.29) is 10.6 Å². The molecule has 2 heterocycles. The van der Waals surface area contributed by atoms with Crippen molar-refractivity contribution in [1.29, 1.82) is 0 Å². The van der Waals surface area contributed by atoms with E-state index in [2.05, 4.69) is 36.2 Å². The van der Waals surface area contributed by atoms with Crippen LogP contribution >= 0.6 is 0 Å². The summed E-state index contributed by atoms with van der Waals surface area (Å²) in [6.45, 7) is 1.87. The van der Waals surface area contributed by atoms with Gasteiger partial charge >= 0.3 is 0 Å². The van der Waals surface area contributed by atoms with Gasteiger partial charge in [-0.1, -0.05) is 30.3 Å².